The van der Waals surface area contributed by atoms with E-state index in [1.165, 1.54) is 0 Å². The average Bonchev–Trinajstić information content (AvgIpc) is 2.64. The van der Waals surface area contributed by atoms with Crippen LogP contribution in [0.2, 0.25) is 0 Å². The van der Waals surface area contributed by atoms with Crippen LogP contribution in [0.3, 0.4) is 0 Å². The second-order valence-corrected chi connectivity index (χ2v) is 4.22. The first-order chi connectivity index (χ1) is 6.72. The molecule has 0 atom stereocenters. The molecular weight excluding hydrogens is 267 g/mol. The van der Waals surface area contributed by atoms with Crippen LogP contribution in [-0.2, 0) is 6.42 Å². The van der Waals surface area contributed by atoms with Crippen LogP contribution >= 0.6 is 27.5 Å². The molecule has 0 radical (unpaired) electrons. The van der Waals surface area contributed by atoms with Crippen LogP contribution in [0.25, 0.3) is 0 Å². The van der Waals surface area contributed by atoms with Gasteiger partial charge in [-0.2, -0.15) is 0 Å². The Balaban J connectivity index is 2.46. The van der Waals surface area contributed by atoms with E-state index in [-0.39, 0.29) is 11.7 Å². The number of fused-ring (bicyclic) bond motifs is 1. The fourth-order valence-electron chi connectivity index (χ4n) is 1.50. The number of benzene rings is 1. The lowest BCUT2D eigenvalue weighted by Crippen LogP contribution is -2.00. The van der Waals surface area contributed by atoms with Crippen LogP contribution in [0.4, 0.5) is 0 Å². The molecule has 1 aliphatic heterocycles. The van der Waals surface area contributed by atoms with Crippen molar-refractivity contribution in [2.24, 2.45) is 0 Å². The van der Waals surface area contributed by atoms with Crippen LogP contribution in [-0.4, -0.2) is 18.3 Å². The summed E-state index contributed by atoms with van der Waals surface area (Å²) in [4.78, 5) is 11.4. The molecule has 0 saturated carbocycles. The molecule has 0 N–H and O–H groups in total. The van der Waals surface area contributed by atoms with Crippen molar-refractivity contribution in [3.63, 3.8) is 0 Å². The van der Waals surface area contributed by atoms with Gasteiger partial charge in [0.15, 0.2) is 5.78 Å². The molecule has 74 valence electrons. The van der Waals surface area contributed by atoms with Crippen molar-refractivity contribution in [1.82, 2.24) is 0 Å². The zero-order valence-electron chi connectivity index (χ0n) is 7.35. The maximum Gasteiger partial charge on any atom is 0.177 e. The minimum atomic E-state index is -0.0536. The lowest BCUT2D eigenvalue weighted by Gasteiger charge is -2.04. The molecule has 0 fully saturated rings. The van der Waals surface area contributed by atoms with Crippen molar-refractivity contribution in [3.8, 4) is 5.75 Å². The SMILES string of the molecule is O=C(CCl)c1cc(Br)c2c(c1)CCO2. The van der Waals surface area contributed by atoms with E-state index in [1.54, 1.807) is 6.07 Å². The summed E-state index contributed by atoms with van der Waals surface area (Å²) < 4.78 is 6.24. The van der Waals surface area contributed by atoms with Crippen LogP contribution in [0.15, 0.2) is 16.6 Å². The van der Waals surface area contributed by atoms with Crippen molar-refractivity contribution in [3.05, 3.63) is 27.7 Å². The Morgan fingerprint density at radius 1 is 1.57 bits per heavy atom. The first-order valence-corrected chi connectivity index (χ1v) is 5.59. The highest BCUT2D eigenvalue weighted by Crippen LogP contribution is 2.34. The highest BCUT2D eigenvalue weighted by atomic mass is 79.9. The van der Waals surface area contributed by atoms with Gasteiger partial charge in [-0.3, -0.25) is 4.79 Å². The second-order valence-electron chi connectivity index (χ2n) is 3.10. The molecule has 2 nitrogen and oxygen atoms in total. The zero-order valence-corrected chi connectivity index (χ0v) is 9.69. The summed E-state index contributed by atoms with van der Waals surface area (Å²) in [6, 6.07) is 3.62. The summed E-state index contributed by atoms with van der Waals surface area (Å²) in [6.07, 6.45) is 0.858. The summed E-state index contributed by atoms with van der Waals surface area (Å²) in [5.41, 5.74) is 1.73. The van der Waals surface area contributed by atoms with Crippen molar-refractivity contribution >= 4 is 33.3 Å². The predicted molar refractivity (Wildman–Crippen MR) is 58.4 cm³/mol. The second kappa shape index (κ2) is 3.91. The van der Waals surface area contributed by atoms with Gasteiger partial charge in [-0.05, 0) is 33.6 Å². The molecule has 0 amide bonds. The van der Waals surface area contributed by atoms with E-state index in [4.69, 9.17) is 16.3 Å². The van der Waals surface area contributed by atoms with Crippen molar-refractivity contribution in [2.75, 3.05) is 12.5 Å². The first kappa shape index (κ1) is 9.99. The number of Topliss-reactive ketones (excluding diaryl/α,β-unsaturated/α-hetero) is 1. The van der Waals surface area contributed by atoms with Crippen molar-refractivity contribution in [1.29, 1.82) is 0 Å². The Bertz CT molecular complexity index is 390. The monoisotopic (exact) mass is 274 g/mol. The third-order valence-corrected chi connectivity index (χ3v) is 3.01. The van der Waals surface area contributed by atoms with Gasteiger partial charge in [-0.25, -0.2) is 0 Å². The molecule has 0 aromatic heterocycles. The van der Waals surface area contributed by atoms with Gasteiger partial charge in [0.05, 0.1) is 17.0 Å². The fourth-order valence-corrected chi connectivity index (χ4v) is 2.27. The van der Waals surface area contributed by atoms with E-state index in [1.807, 2.05) is 6.07 Å². The van der Waals surface area contributed by atoms with Crippen molar-refractivity contribution < 1.29 is 9.53 Å². The van der Waals surface area contributed by atoms with E-state index in [2.05, 4.69) is 15.9 Å². The Labute approximate surface area is 95.3 Å². The summed E-state index contributed by atoms with van der Waals surface area (Å²) >= 11 is 8.87. The summed E-state index contributed by atoms with van der Waals surface area (Å²) in [7, 11) is 0. The van der Waals surface area contributed by atoms with E-state index in [0.29, 0.717) is 12.2 Å². The molecule has 2 rings (SSSR count). The predicted octanol–water partition coefficient (Wildman–Crippen LogP) is 2.81. The number of ketones is 1. The molecular formula is C10H8BrClO2. The molecule has 0 aliphatic carbocycles. The highest BCUT2D eigenvalue weighted by Gasteiger charge is 2.18. The highest BCUT2D eigenvalue weighted by molar-refractivity contribution is 9.10. The van der Waals surface area contributed by atoms with E-state index < -0.39 is 0 Å². The number of hydrogen-bond acceptors (Lipinski definition) is 2. The average molecular weight is 276 g/mol. The van der Waals surface area contributed by atoms with Crippen LogP contribution in [0, 0.1) is 0 Å². The lowest BCUT2D eigenvalue weighted by molar-refractivity contribution is 0.102. The van der Waals surface area contributed by atoms with Crippen LogP contribution < -0.4 is 4.74 Å². The quantitative estimate of drug-likeness (QED) is 0.613. The number of alkyl halides is 1. The Morgan fingerprint density at radius 2 is 2.36 bits per heavy atom. The zero-order chi connectivity index (χ0) is 10.1. The maximum absolute atomic E-state index is 11.4. The van der Waals surface area contributed by atoms with Gasteiger partial charge in [0.2, 0.25) is 0 Å². The normalized spacial score (nSPS) is 13.6. The van der Waals surface area contributed by atoms with Crippen LogP contribution in [0.5, 0.6) is 5.75 Å². The minimum Gasteiger partial charge on any atom is -0.492 e. The van der Waals surface area contributed by atoms with Gasteiger partial charge in [-0.15, -0.1) is 11.6 Å². The molecule has 1 heterocycles. The van der Waals surface area contributed by atoms with Gasteiger partial charge in [0, 0.05) is 12.0 Å². The molecule has 0 spiro atoms. The van der Waals surface area contributed by atoms with E-state index in [0.717, 1.165) is 22.2 Å². The molecule has 1 aromatic carbocycles. The van der Waals surface area contributed by atoms with Crippen LogP contribution in [0.1, 0.15) is 15.9 Å². The molecule has 1 aromatic rings. The summed E-state index contributed by atoms with van der Waals surface area (Å²) in [5.74, 6) is 0.824. The van der Waals surface area contributed by atoms with Crippen molar-refractivity contribution in [2.45, 2.75) is 6.42 Å². The topological polar surface area (TPSA) is 26.3 Å². The number of hydrogen-bond donors (Lipinski definition) is 0. The largest absolute Gasteiger partial charge is 0.492 e. The number of carbonyl (C=O) groups excluding carboxylic acids is 1. The Morgan fingerprint density at radius 3 is 3.07 bits per heavy atom. The Kier molecular flexibility index (Phi) is 2.79. The smallest absolute Gasteiger partial charge is 0.177 e. The fraction of sp³-hybridized carbons (Fsp3) is 0.300. The van der Waals surface area contributed by atoms with Gasteiger partial charge < -0.3 is 4.74 Å². The summed E-state index contributed by atoms with van der Waals surface area (Å²) in [6.45, 7) is 0.687. The molecule has 0 unspecified atom stereocenters. The van der Waals surface area contributed by atoms with Gasteiger partial charge >= 0.3 is 0 Å². The third kappa shape index (κ3) is 1.66. The van der Waals surface area contributed by atoms with E-state index >= 15 is 0 Å². The maximum atomic E-state index is 11.4. The van der Waals surface area contributed by atoms with Gasteiger partial charge in [0.1, 0.15) is 5.75 Å². The van der Waals surface area contributed by atoms with Gasteiger partial charge in [0.25, 0.3) is 0 Å². The standard InChI is InChI=1S/C10H8BrClO2/c11-8-4-7(9(13)5-12)3-6-1-2-14-10(6)8/h3-4H,1-2,5H2. The number of carbonyl (C=O) groups is 1. The number of halogens is 2. The lowest BCUT2D eigenvalue weighted by atomic mass is 10.1. The third-order valence-electron chi connectivity index (χ3n) is 2.18. The van der Waals surface area contributed by atoms with E-state index in [9.17, 15) is 4.79 Å². The van der Waals surface area contributed by atoms with Gasteiger partial charge in [-0.1, -0.05) is 0 Å². The molecule has 0 saturated heterocycles. The number of rotatable bonds is 2. The minimum absolute atomic E-state index is 0.0199. The molecule has 4 heteroatoms. The Hall–Kier alpha value is -0.540. The summed E-state index contributed by atoms with van der Waals surface area (Å²) in [5, 5.41) is 0. The molecule has 1 aliphatic rings. The first-order valence-electron chi connectivity index (χ1n) is 4.26. The number of ether oxygens (including phenoxy) is 1. The molecule has 14 heavy (non-hydrogen) atoms. The molecule has 0 bridgehead atoms.